The first kappa shape index (κ1) is 20.1. The van der Waals surface area contributed by atoms with E-state index < -0.39 is 23.2 Å². The Labute approximate surface area is 166 Å². The van der Waals surface area contributed by atoms with Gasteiger partial charge in [0.15, 0.2) is 10.9 Å². The Balaban J connectivity index is 1.86. The van der Waals surface area contributed by atoms with Gasteiger partial charge < -0.3 is 10.0 Å². The molecule has 1 fully saturated rings. The van der Waals surface area contributed by atoms with Crippen molar-refractivity contribution in [1.82, 2.24) is 4.90 Å². The molecule has 2 atom stereocenters. The first-order valence-electron chi connectivity index (χ1n) is 9.10. The highest BCUT2D eigenvalue weighted by molar-refractivity contribution is 8.14. The van der Waals surface area contributed by atoms with Crippen molar-refractivity contribution in [3.63, 3.8) is 0 Å². The first-order chi connectivity index (χ1) is 13.4. The number of likely N-dealkylation sites (tertiary alicyclic amines) is 1. The van der Waals surface area contributed by atoms with Crippen molar-refractivity contribution >= 4 is 45.3 Å². The van der Waals surface area contributed by atoms with E-state index in [9.17, 15) is 24.3 Å². The van der Waals surface area contributed by atoms with Crippen LogP contribution in [0.2, 0.25) is 0 Å². The molecule has 0 radical (unpaired) electrons. The SMILES string of the molecule is CC(=O)SC(CC(=O)c1cccc2ccccc12)C(=O)N1CCC[C@H]1C(=O)O. The van der Waals surface area contributed by atoms with E-state index in [1.165, 1.54) is 11.8 Å². The van der Waals surface area contributed by atoms with Gasteiger partial charge in [0.25, 0.3) is 0 Å². The van der Waals surface area contributed by atoms with Crippen molar-refractivity contribution in [3.05, 3.63) is 48.0 Å². The fourth-order valence-corrected chi connectivity index (χ4v) is 4.47. The smallest absolute Gasteiger partial charge is 0.326 e. The summed E-state index contributed by atoms with van der Waals surface area (Å²) in [6.45, 7) is 1.67. The number of benzene rings is 2. The summed E-state index contributed by atoms with van der Waals surface area (Å²) in [7, 11) is 0. The second kappa shape index (κ2) is 8.56. The van der Waals surface area contributed by atoms with Gasteiger partial charge >= 0.3 is 5.97 Å². The number of thioether (sulfide) groups is 1. The summed E-state index contributed by atoms with van der Waals surface area (Å²) < 4.78 is 0. The second-order valence-electron chi connectivity index (χ2n) is 6.78. The van der Waals surface area contributed by atoms with E-state index in [0.717, 1.165) is 22.5 Å². The summed E-state index contributed by atoms with van der Waals surface area (Å²) >= 11 is 0.793. The predicted octanol–water partition coefficient (Wildman–Crippen LogP) is 3.14. The summed E-state index contributed by atoms with van der Waals surface area (Å²) in [5.74, 6) is -1.76. The van der Waals surface area contributed by atoms with Crippen LogP contribution in [0.5, 0.6) is 0 Å². The molecule has 1 aliphatic heterocycles. The zero-order chi connectivity index (χ0) is 20.3. The number of nitrogens with zero attached hydrogens (tertiary/aromatic N) is 1. The van der Waals surface area contributed by atoms with Crippen molar-refractivity contribution in [2.45, 2.75) is 37.5 Å². The van der Waals surface area contributed by atoms with E-state index in [2.05, 4.69) is 0 Å². The molecule has 1 heterocycles. The van der Waals surface area contributed by atoms with Crippen LogP contribution in [0.1, 0.15) is 36.5 Å². The molecule has 28 heavy (non-hydrogen) atoms. The molecule has 1 N–H and O–H groups in total. The Morgan fingerprint density at radius 1 is 1.14 bits per heavy atom. The summed E-state index contributed by atoms with van der Waals surface area (Å²) in [5.41, 5.74) is 0.497. The Morgan fingerprint density at radius 3 is 2.57 bits per heavy atom. The van der Waals surface area contributed by atoms with Crippen LogP contribution in [0.15, 0.2) is 42.5 Å². The van der Waals surface area contributed by atoms with E-state index >= 15 is 0 Å². The first-order valence-corrected chi connectivity index (χ1v) is 9.98. The summed E-state index contributed by atoms with van der Waals surface area (Å²) in [6, 6.07) is 12.0. The van der Waals surface area contributed by atoms with Crippen LogP contribution in [0, 0.1) is 0 Å². The molecule has 0 aromatic heterocycles. The minimum atomic E-state index is -1.06. The number of ketones is 1. The van der Waals surface area contributed by atoms with Gasteiger partial charge in [0.05, 0.1) is 5.25 Å². The fourth-order valence-electron chi connectivity index (χ4n) is 3.60. The maximum absolute atomic E-state index is 13.0. The standard InChI is InChI=1S/C21H21NO5S/c1-13(23)28-19(20(25)22-11-5-10-17(22)21(26)27)12-18(24)16-9-4-7-14-6-2-3-8-15(14)16/h2-4,6-9,17,19H,5,10-12H2,1H3,(H,26,27)/t17-,19?/m0/s1. The normalized spacial score (nSPS) is 17.5. The van der Waals surface area contributed by atoms with Crippen molar-refractivity contribution in [3.8, 4) is 0 Å². The molecule has 2 aromatic carbocycles. The van der Waals surface area contributed by atoms with Crippen molar-refractivity contribution in [2.75, 3.05) is 6.54 Å². The van der Waals surface area contributed by atoms with Crippen LogP contribution >= 0.6 is 11.8 Å². The average molecular weight is 399 g/mol. The Bertz CT molecular complexity index is 936. The Kier molecular flexibility index (Phi) is 6.14. The largest absolute Gasteiger partial charge is 0.480 e. The predicted molar refractivity (Wildman–Crippen MR) is 107 cm³/mol. The molecule has 1 aliphatic rings. The molecule has 7 heteroatoms. The zero-order valence-electron chi connectivity index (χ0n) is 15.5. The lowest BCUT2D eigenvalue weighted by atomic mass is 9.98. The van der Waals surface area contributed by atoms with Crippen molar-refractivity contribution in [2.24, 2.45) is 0 Å². The van der Waals surface area contributed by atoms with Gasteiger partial charge in [-0.2, -0.15) is 0 Å². The third kappa shape index (κ3) is 4.25. The lowest BCUT2D eigenvalue weighted by molar-refractivity contribution is -0.148. The van der Waals surface area contributed by atoms with Crippen LogP contribution in [0.25, 0.3) is 10.8 Å². The van der Waals surface area contributed by atoms with E-state index in [0.29, 0.717) is 24.9 Å². The molecule has 0 spiro atoms. The van der Waals surface area contributed by atoms with E-state index in [1.54, 1.807) is 12.1 Å². The maximum atomic E-state index is 13.0. The zero-order valence-corrected chi connectivity index (χ0v) is 16.3. The topological polar surface area (TPSA) is 91.8 Å². The number of carbonyl (C=O) groups excluding carboxylic acids is 3. The van der Waals surface area contributed by atoms with Crippen molar-refractivity contribution in [1.29, 1.82) is 0 Å². The highest BCUT2D eigenvalue weighted by atomic mass is 32.2. The van der Waals surface area contributed by atoms with E-state index in [-0.39, 0.29) is 17.3 Å². The third-order valence-corrected chi connectivity index (χ3v) is 5.85. The Hall–Kier alpha value is -2.67. The van der Waals surface area contributed by atoms with Gasteiger partial charge in [-0.05, 0) is 23.6 Å². The average Bonchev–Trinajstić information content (AvgIpc) is 3.16. The summed E-state index contributed by atoms with van der Waals surface area (Å²) in [4.78, 5) is 50.3. The van der Waals surface area contributed by atoms with Crippen LogP contribution < -0.4 is 0 Å². The molecule has 0 bridgehead atoms. The van der Waals surface area contributed by atoms with Gasteiger partial charge in [0.2, 0.25) is 5.91 Å². The number of fused-ring (bicyclic) bond motifs is 1. The number of carboxylic acid groups (broad SMARTS) is 1. The molecule has 1 saturated heterocycles. The minimum Gasteiger partial charge on any atom is -0.480 e. The monoisotopic (exact) mass is 399 g/mol. The number of hydrogen-bond donors (Lipinski definition) is 1. The van der Waals surface area contributed by atoms with Gasteiger partial charge in [-0.1, -0.05) is 54.2 Å². The molecule has 3 rings (SSSR count). The lowest BCUT2D eigenvalue weighted by Crippen LogP contribution is -2.45. The van der Waals surface area contributed by atoms with Gasteiger partial charge in [0, 0.05) is 25.5 Å². The molecule has 0 aliphatic carbocycles. The van der Waals surface area contributed by atoms with Gasteiger partial charge in [-0.25, -0.2) is 4.79 Å². The van der Waals surface area contributed by atoms with Crippen LogP contribution in [0.3, 0.4) is 0 Å². The second-order valence-corrected chi connectivity index (χ2v) is 8.16. The number of carbonyl (C=O) groups is 4. The lowest BCUT2D eigenvalue weighted by Gasteiger charge is -2.25. The number of amides is 1. The maximum Gasteiger partial charge on any atom is 0.326 e. The third-order valence-electron chi connectivity index (χ3n) is 4.87. The molecular formula is C21H21NO5S. The molecule has 2 aromatic rings. The molecule has 1 amide bonds. The number of carboxylic acids is 1. The number of rotatable bonds is 6. The molecule has 0 saturated carbocycles. The number of hydrogen-bond acceptors (Lipinski definition) is 5. The van der Waals surface area contributed by atoms with E-state index in [4.69, 9.17) is 0 Å². The summed E-state index contributed by atoms with van der Waals surface area (Å²) in [6.07, 6.45) is 0.827. The number of Topliss-reactive ketones (excluding diaryl/α,β-unsaturated/α-hetero) is 1. The molecule has 6 nitrogen and oxygen atoms in total. The summed E-state index contributed by atoms with van der Waals surface area (Å²) in [5, 5.41) is 9.84. The highest BCUT2D eigenvalue weighted by Crippen LogP contribution is 2.27. The van der Waals surface area contributed by atoms with Gasteiger partial charge in [0.1, 0.15) is 6.04 Å². The van der Waals surface area contributed by atoms with Crippen LogP contribution in [-0.4, -0.2) is 50.6 Å². The van der Waals surface area contributed by atoms with Crippen LogP contribution in [-0.2, 0) is 14.4 Å². The van der Waals surface area contributed by atoms with Gasteiger partial charge in [-0.15, -0.1) is 0 Å². The molecule has 1 unspecified atom stereocenters. The fraction of sp³-hybridized carbons (Fsp3) is 0.333. The molecular weight excluding hydrogens is 378 g/mol. The van der Waals surface area contributed by atoms with Crippen molar-refractivity contribution < 1.29 is 24.3 Å². The number of aliphatic carboxylic acids is 1. The minimum absolute atomic E-state index is 0.153. The quantitative estimate of drug-likeness (QED) is 0.751. The Morgan fingerprint density at radius 2 is 1.86 bits per heavy atom. The highest BCUT2D eigenvalue weighted by Gasteiger charge is 2.38. The molecule has 146 valence electrons. The van der Waals surface area contributed by atoms with E-state index in [1.807, 2.05) is 30.3 Å². The van der Waals surface area contributed by atoms with Gasteiger partial charge in [-0.3, -0.25) is 14.4 Å². The van der Waals surface area contributed by atoms with Crippen LogP contribution in [0.4, 0.5) is 0 Å².